The number of halogens is 6. The van der Waals surface area contributed by atoms with E-state index in [0.29, 0.717) is 11.6 Å². The Labute approximate surface area is 796 Å². The number of aromatic nitrogens is 13. The summed E-state index contributed by atoms with van der Waals surface area (Å²) in [6, 6.07) is 134. The topological polar surface area (TPSA) is 171 Å². The molecule has 21 heteroatoms. The number of para-hydroxylation sites is 3. The minimum Gasteiger partial charge on any atom is -0.310 e. The van der Waals surface area contributed by atoms with Gasteiger partial charge in [-0.15, -0.1) is 11.3 Å². The first-order valence-corrected chi connectivity index (χ1v) is 45.4. The molecule has 0 fully saturated rings. The maximum atomic E-state index is 6.28. The lowest BCUT2D eigenvalue weighted by Crippen LogP contribution is -2.10. The first-order chi connectivity index (χ1) is 64.9. The first kappa shape index (κ1) is 86.3. The van der Waals surface area contributed by atoms with E-state index >= 15 is 0 Å². The van der Waals surface area contributed by atoms with Crippen molar-refractivity contribution in [1.29, 1.82) is 0 Å². The number of thiophene rings is 1. The second-order valence-electron chi connectivity index (χ2n) is 30.2. The molecule has 0 amide bonds. The lowest BCUT2D eigenvalue weighted by Gasteiger charge is -2.26. The highest BCUT2D eigenvalue weighted by atomic mass is 79.9. The zero-order valence-electron chi connectivity index (χ0n) is 69.9. The van der Waals surface area contributed by atoms with Crippen LogP contribution >= 0.6 is 85.3 Å². The fraction of sp³-hybridized carbons (Fsp3) is 0. The van der Waals surface area contributed by atoms with Crippen molar-refractivity contribution < 1.29 is 0 Å². The Hall–Kier alpha value is -15.1. The van der Waals surface area contributed by atoms with Gasteiger partial charge in [0.1, 0.15) is 0 Å². The van der Waals surface area contributed by atoms with Crippen LogP contribution < -0.4 is 4.90 Å². The van der Waals surface area contributed by atoms with Gasteiger partial charge in [0.15, 0.2) is 11.6 Å². The van der Waals surface area contributed by atoms with Crippen molar-refractivity contribution in [2.75, 3.05) is 4.90 Å². The van der Waals surface area contributed by atoms with E-state index in [2.05, 4.69) is 316 Å². The second-order valence-corrected chi connectivity index (χ2v) is 33.9. The molecule has 24 rings (SSSR count). The van der Waals surface area contributed by atoms with Crippen molar-refractivity contribution in [2.45, 2.75) is 0 Å². The highest BCUT2D eigenvalue weighted by Crippen LogP contribution is 2.42. The Morgan fingerprint density at radius 1 is 0.220 bits per heavy atom. The second kappa shape index (κ2) is 40.3. The molecule has 8 aromatic heterocycles. The van der Waals surface area contributed by atoms with Crippen LogP contribution in [0.25, 0.3) is 175 Å². The molecule has 14 nitrogen and oxygen atoms in total. The standard InChI is InChI=1S/C34H22ClN3.C20H11ClN2S.C18H13Br.C14H9ClN2.C13H8ClN5.C12H7ClN2/c35-34-36-32-12-6-5-11-31(32)33(37-34)25-15-17-28(18-16-25)38(29-19-13-23-7-1-3-9-26(23)21-29)30-20-14-24-8-2-4-10-27(24)22-30;21-20-22-16-7-3-1-6-14(16)19(23-20)12-9-10-18-15(11-12)13-5-2-4-8-17(13)24-18;19-18-12-16(14-7-3-1-4-8-14)11-17(13-18)15-9-5-2-6-10-15;15-14-16-12-9-5-4-8-11(12)13(17-14)10-6-2-1-3-7-10;14-13-18-11(9-1-5-15-6-2-9)17-12(19-13)10-3-7-16-8-4-10;13-12-14-7-10-9-4-2-1-3-8(9)5-6-11(10)15-12/h1-22H;1-11H;1-13H;1-9H;1-8H;1-7H. The SMILES string of the molecule is Brc1cc(-c2ccccc2)cc(-c2ccccc2)c1.Clc1nc(-c2ccc(N(c3ccc4ccccc4c3)c3ccc4ccccc4c3)cc2)c2ccccc2n1.Clc1nc(-c2ccc3sc4ccccc4c3c2)c2ccccc2n1.Clc1nc(-c2ccccc2)c2ccccc2n1.Clc1nc(-c2ccncc2)nc(-c2ccncc2)n1.Clc1ncc2c(ccc3ccccc32)n1. The molecule has 0 spiro atoms. The monoisotopic (exact) mass is 1880 g/mol. The van der Waals surface area contributed by atoms with E-state index in [1.807, 2.05) is 175 Å². The quantitative estimate of drug-likeness (QED) is 0.0935. The van der Waals surface area contributed by atoms with E-state index in [0.717, 1.165) is 115 Å². The Kier molecular flexibility index (Phi) is 26.3. The lowest BCUT2D eigenvalue weighted by molar-refractivity contribution is 1.06. The maximum absolute atomic E-state index is 6.28. The number of nitrogens with zero attached hydrogens (tertiary/aromatic N) is 14. The van der Waals surface area contributed by atoms with Gasteiger partial charge >= 0.3 is 0 Å². The maximum Gasteiger partial charge on any atom is 0.226 e. The van der Waals surface area contributed by atoms with E-state index in [1.165, 1.54) is 69.4 Å². The largest absolute Gasteiger partial charge is 0.310 e. The molecular weight excluding hydrogens is 1820 g/mol. The lowest BCUT2D eigenvalue weighted by atomic mass is 9.99. The highest BCUT2D eigenvalue weighted by molar-refractivity contribution is 9.10. The summed E-state index contributed by atoms with van der Waals surface area (Å²) in [4.78, 5) is 57.4. The first-order valence-electron chi connectivity index (χ1n) is 41.9. The summed E-state index contributed by atoms with van der Waals surface area (Å²) in [7, 11) is 0. The smallest absolute Gasteiger partial charge is 0.226 e. The van der Waals surface area contributed by atoms with Crippen molar-refractivity contribution in [1.82, 2.24) is 64.8 Å². The summed E-state index contributed by atoms with van der Waals surface area (Å²) in [6.07, 6.45) is 8.49. The number of pyridine rings is 2. The molecule has 0 atom stereocenters. The third-order valence-corrected chi connectivity index (χ3v) is 24.3. The van der Waals surface area contributed by atoms with Crippen LogP contribution in [-0.4, -0.2) is 64.8 Å². The van der Waals surface area contributed by atoms with E-state index in [-0.39, 0.29) is 26.4 Å². The molecule has 0 aliphatic carbocycles. The number of rotatable bonds is 10. The number of hydrogen-bond donors (Lipinski definition) is 0. The summed E-state index contributed by atoms with van der Waals surface area (Å²) < 4.78 is 3.69. The number of hydrogen-bond acceptors (Lipinski definition) is 15. The number of benzene rings is 16. The molecule has 0 saturated heterocycles. The number of anilines is 3. The molecule has 0 N–H and O–H groups in total. The van der Waals surface area contributed by atoms with E-state index < -0.39 is 0 Å². The average molecular weight is 1890 g/mol. The minimum absolute atomic E-state index is 0.161. The molecule has 0 radical (unpaired) electrons. The van der Waals surface area contributed by atoms with Crippen LogP contribution in [0.3, 0.4) is 0 Å². The van der Waals surface area contributed by atoms with Crippen LogP contribution in [0.4, 0.5) is 17.1 Å². The van der Waals surface area contributed by atoms with Crippen LogP contribution in [0.5, 0.6) is 0 Å². The third-order valence-electron chi connectivity index (χ3n) is 21.9. The van der Waals surface area contributed by atoms with Crippen LogP contribution in [0.2, 0.25) is 26.4 Å². The summed E-state index contributed by atoms with van der Waals surface area (Å²) >= 11 is 35.5. The molecular formula is C111H70BrCl5N14S. The number of fused-ring (bicyclic) bond motifs is 11. The summed E-state index contributed by atoms with van der Waals surface area (Å²) in [5.41, 5.74) is 19.0. The van der Waals surface area contributed by atoms with Gasteiger partial charge in [0.2, 0.25) is 26.4 Å². The van der Waals surface area contributed by atoms with Crippen LogP contribution in [-0.2, 0) is 0 Å². The van der Waals surface area contributed by atoms with Crippen LogP contribution in [0, 0.1) is 0 Å². The molecule has 632 valence electrons. The molecule has 0 bridgehead atoms. The fourth-order valence-electron chi connectivity index (χ4n) is 15.7. The van der Waals surface area contributed by atoms with Crippen molar-refractivity contribution >= 4 is 198 Å². The molecule has 0 unspecified atom stereocenters. The van der Waals surface area contributed by atoms with E-state index in [4.69, 9.17) is 58.0 Å². The van der Waals surface area contributed by atoms with Gasteiger partial charge in [-0.2, -0.15) is 9.97 Å². The van der Waals surface area contributed by atoms with Crippen molar-refractivity contribution in [3.05, 3.63) is 456 Å². The van der Waals surface area contributed by atoms with Gasteiger partial charge in [-0.3, -0.25) is 9.97 Å². The van der Waals surface area contributed by atoms with Crippen molar-refractivity contribution in [2.24, 2.45) is 0 Å². The Morgan fingerprint density at radius 3 is 1.10 bits per heavy atom. The third kappa shape index (κ3) is 20.0. The molecule has 0 aliphatic heterocycles. The van der Waals surface area contributed by atoms with Gasteiger partial charge in [-0.25, -0.2) is 44.9 Å². The zero-order chi connectivity index (χ0) is 89.6. The van der Waals surface area contributed by atoms with Crippen molar-refractivity contribution in [3.8, 4) is 78.8 Å². The molecule has 132 heavy (non-hydrogen) atoms. The van der Waals surface area contributed by atoms with Gasteiger partial charge in [0.25, 0.3) is 0 Å². The fourth-order valence-corrected chi connectivity index (χ4v) is 18.1. The van der Waals surface area contributed by atoms with Crippen LogP contribution in [0.1, 0.15) is 0 Å². The predicted molar refractivity (Wildman–Crippen MR) is 551 cm³/mol. The Balaban J connectivity index is 0.000000106. The molecule has 24 aromatic rings. The van der Waals surface area contributed by atoms with Gasteiger partial charge in [-0.1, -0.05) is 289 Å². The van der Waals surface area contributed by atoms with Gasteiger partial charge in [-0.05, 0) is 234 Å². The van der Waals surface area contributed by atoms with Crippen LogP contribution in [0.15, 0.2) is 430 Å². The molecule has 0 aliphatic rings. The van der Waals surface area contributed by atoms with Gasteiger partial charge < -0.3 is 4.90 Å². The van der Waals surface area contributed by atoms with E-state index in [9.17, 15) is 0 Å². The summed E-state index contributed by atoms with van der Waals surface area (Å²) in [5, 5.41) is 15.0. The zero-order valence-corrected chi connectivity index (χ0v) is 76.0. The minimum atomic E-state index is 0.161. The average Bonchev–Trinajstić information content (AvgIpc) is 1.36. The highest BCUT2D eigenvalue weighted by Gasteiger charge is 2.19. The van der Waals surface area contributed by atoms with Gasteiger partial charge in [0, 0.05) is 122 Å². The molecule has 16 aromatic carbocycles. The predicted octanol–water partition coefficient (Wildman–Crippen LogP) is 31.9. The molecule has 0 saturated carbocycles. The van der Waals surface area contributed by atoms with Crippen molar-refractivity contribution in [3.63, 3.8) is 0 Å². The Morgan fingerprint density at radius 2 is 0.591 bits per heavy atom. The normalized spacial score (nSPS) is 11.0. The van der Waals surface area contributed by atoms with Gasteiger partial charge in [0.05, 0.1) is 39.1 Å². The van der Waals surface area contributed by atoms with E-state index in [1.54, 1.807) is 31.0 Å². The summed E-state index contributed by atoms with van der Waals surface area (Å²) in [6.45, 7) is 0. The summed E-state index contributed by atoms with van der Waals surface area (Å²) in [5.74, 6) is 1.04. The molecule has 8 heterocycles. The Bertz CT molecular complexity index is 7950.